The quantitative estimate of drug-likeness (QED) is 0.623. The molecule has 0 saturated heterocycles. The van der Waals surface area contributed by atoms with Crippen LogP contribution in [0.15, 0.2) is 54.4 Å². The molecule has 3 aromatic heterocycles. The van der Waals surface area contributed by atoms with Gasteiger partial charge in [-0.15, -0.1) is 0 Å². The zero-order valence-electron chi connectivity index (χ0n) is 17.5. The third-order valence-electron chi connectivity index (χ3n) is 4.80. The third-order valence-corrected chi connectivity index (χ3v) is 5.01. The molecule has 0 radical (unpaired) electrons. The van der Waals surface area contributed by atoms with Crippen LogP contribution in [0.3, 0.4) is 0 Å². The highest BCUT2D eigenvalue weighted by molar-refractivity contribution is 6.30. The largest absolute Gasteiger partial charge is 0.384 e. The van der Waals surface area contributed by atoms with E-state index in [1.54, 1.807) is 30.6 Å². The maximum Gasteiger partial charge on any atom is 0.251 e. The lowest BCUT2D eigenvalue weighted by Crippen LogP contribution is -2.26. The Kier molecular flexibility index (Phi) is 7.15. The molecule has 0 aliphatic carbocycles. The Balaban J connectivity index is 1.73. The summed E-state index contributed by atoms with van der Waals surface area (Å²) in [5.41, 5.74) is 9.74. The molecule has 3 heterocycles. The zero-order valence-corrected chi connectivity index (χ0v) is 18.3. The summed E-state index contributed by atoms with van der Waals surface area (Å²) in [6.07, 6.45) is 7.74. The first kappa shape index (κ1) is 22.2. The van der Waals surface area contributed by atoms with Crippen molar-refractivity contribution in [3.63, 3.8) is 0 Å². The van der Waals surface area contributed by atoms with Gasteiger partial charge in [0.25, 0.3) is 5.91 Å². The number of nitrogens with one attached hydrogen (secondary N) is 1. The first-order chi connectivity index (χ1) is 14.9. The molecule has 3 N–H and O–H groups in total. The smallest absolute Gasteiger partial charge is 0.251 e. The molecule has 1 amide bonds. The van der Waals surface area contributed by atoms with E-state index in [-0.39, 0.29) is 5.91 Å². The molecule has 0 aliphatic heterocycles. The number of pyridine rings is 3. The van der Waals surface area contributed by atoms with E-state index in [1.165, 1.54) is 0 Å². The number of hydrogen-bond acceptors (Lipinski definition) is 5. The molecule has 3 rings (SSSR count). The molecular formula is C24H24ClN5O. The normalized spacial score (nSPS) is 12.1. The van der Waals surface area contributed by atoms with E-state index in [0.717, 1.165) is 27.7 Å². The van der Waals surface area contributed by atoms with Crippen LogP contribution in [-0.2, 0) is 13.0 Å². The molecule has 0 aromatic carbocycles. The van der Waals surface area contributed by atoms with Gasteiger partial charge in [0.15, 0.2) is 0 Å². The summed E-state index contributed by atoms with van der Waals surface area (Å²) in [5, 5.41) is 4.97. The molecule has 31 heavy (non-hydrogen) atoms. The van der Waals surface area contributed by atoms with E-state index in [9.17, 15) is 4.79 Å². The Labute approximate surface area is 186 Å². The highest BCUT2D eigenvalue weighted by Crippen LogP contribution is 2.11. The van der Waals surface area contributed by atoms with Gasteiger partial charge in [-0.25, -0.2) is 4.98 Å². The summed E-state index contributed by atoms with van der Waals surface area (Å²) < 4.78 is 0. The van der Waals surface area contributed by atoms with Crippen LogP contribution in [-0.4, -0.2) is 20.9 Å². The summed E-state index contributed by atoms with van der Waals surface area (Å²) in [6, 6.07) is 8.90. The molecule has 7 heteroatoms. The summed E-state index contributed by atoms with van der Waals surface area (Å²) in [7, 11) is 0. The number of nitrogens with zero attached hydrogens (tertiary/aromatic N) is 3. The minimum absolute atomic E-state index is 0.176. The van der Waals surface area contributed by atoms with Crippen molar-refractivity contribution in [3.8, 4) is 0 Å². The van der Waals surface area contributed by atoms with Crippen molar-refractivity contribution in [2.75, 3.05) is 5.73 Å². The lowest BCUT2D eigenvalue weighted by molar-refractivity contribution is 0.0950. The second-order valence-electron chi connectivity index (χ2n) is 7.07. The number of amides is 1. The number of halogens is 1. The monoisotopic (exact) mass is 433 g/mol. The van der Waals surface area contributed by atoms with Crippen molar-refractivity contribution in [2.24, 2.45) is 0 Å². The van der Waals surface area contributed by atoms with Crippen LogP contribution in [0.25, 0.3) is 12.7 Å². The second-order valence-corrected chi connectivity index (χ2v) is 7.51. The van der Waals surface area contributed by atoms with Gasteiger partial charge in [0, 0.05) is 47.5 Å². The molecule has 0 atom stereocenters. The van der Waals surface area contributed by atoms with Gasteiger partial charge in [-0.2, -0.15) is 0 Å². The van der Waals surface area contributed by atoms with Crippen molar-refractivity contribution >= 4 is 36.0 Å². The molecule has 0 saturated carbocycles. The second kappa shape index (κ2) is 10.00. The van der Waals surface area contributed by atoms with Crippen molar-refractivity contribution in [3.05, 3.63) is 92.5 Å². The first-order valence-electron chi connectivity index (χ1n) is 9.78. The predicted octanol–water partition coefficient (Wildman–Crippen LogP) is 2.73. The topological polar surface area (TPSA) is 93.8 Å². The first-order valence-corrected chi connectivity index (χ1v) is 10.2. The number of carbonyl (C=O) groups is 1. The Hall–Kier alpha value is -3.51. The molecule has 0 aliphatic rings. The fourth-order valence-corrected chi connectivity index (χ4v) is 3.21. The minimum atomic E-state index is -0.176. The number of aryl methyl sites for hydroxylation is 1. The summed E-state index contributed by atoms with van der Waals surface area (Å²) in [6.45, 7) is 8.13. The summed E-state index contributed by atoms with van der Waals surface area (Å²) >= 11 is 6.05. The Bertz CT molecular complexity index is 1250. The molecule has 3 aromatic rings. The Morgan fingerprint density at radius 3 is 2.81 bits per heavy atom. The van der Waals surface area contributed by atoms with Gasteiger partial charge < -0.3 is 11.1 Å². The van der Waals surface area contributed by atoms with E-state index >= 15 is 0 Å². The van der Waals surface area contributed by atoms with Gasteiger partial charge in [-0.3, -0.25) is 14.8 Å². The van der Waals surface area contributed by atoms with Gasteiger partial charge in [-0.1, -0.05) is 30.3 Å². The Morgan fingerprint density at radius 2 is 2.06 bits per heavy atom. The lowest BCUT2D eigenvalue weighted by atomic mass is 10.1. The molecular weight excluding hydrogens is 410 g/mol. The number of aromatic nitrogens is 3. The van der Waals surface area contributed by atoms with Crippen molar-refractivity contribution in [1.29, 1.82) is 0 Å². The molecule has 0 unspecified atom stereocenters. The molecule has 6 nitrogen and oxygen atoms in total. The number of allylic oxidation sites excluding steroid dienone is 2. The average Bonchev–Trinajstić information content (AvgIpc) is 2.75. The van der Waals surface area contributed by atoms with Crippen LogP contribution in [0.2, 0.25) is 5.02 Å². The molecule has 0 spiro atoms. The van der Waals surface area contributed by atoms with E-state index in [2.05, 4.69) is 26.8 Å². The number of anilines is 1. The molecule has 0 bridgehead atoms. The van der Waals surface area contributed by atoms with Crippen molar-refractivity contribution in [2.45, 2.75) is 26.8 Å². The summed E-state index contributed by atoms with van der Waals surface area (Å²) in [5.74, 6) is 0.285. The lowest BCUT2D eigenvalue weighted by Gasteiger charge is -2.09. The highest BCUT2D eigenvalue weighted by atomic mass is 35.5. The van der Waals surface area contributed by atoms with E-state index in [4.69, 9.17) is 17.3 Å². The van der Waals surface area contributed by atoms with Crippen LogP contribution in [0.4, 0.5) is 5.82 Å². The highest BCUT2D eigenvalue weighted by Gasteiger charge is 2.09. The van der Waals surface area contributed by atoms with Crippen LogP contribution >= 0.6 is 11.6 Å². The number of rotatable bonds is 6. The van der Waals surface area contributed by atoms with E-state index in [0.29, 0.717) is 34.7 Å². The van der Waals surface area contributed by atoms with Gasteiger partial charge in [-0.05, 0) is 55.3 Å². The van der Waals surface area contributed by atoms with E-state index < -0.39 is 0 Å². The number of nitrogens with two attached hydrogens (primary N) is 1. The fraction of sp³-hybridized carbons (Fsp3) is 0.167. The number of hydrogen-bond donors (Lipinski definition) is 2. The Morgan fingerprint density at radius 1 is 1.26 bits per heavy atom. The van der Waals surface area contributed by atoms with Gasteiger partial charge >= 0.3 is 0 Å². The summed E-state index contributed by atoms with van der Waals surface area (Å²) in [4.78, 5) is 25.5. The molecule has 158 valence electrons. The standard InChI is InChI=1S/C24H24ClN5O/c1-4-17(9-20-11-21(25)14-28-15(20)2)10-22-12-18(7-8-27-22)24(31)29-13-19-5-6-23(26)30-16(19)3/h4-9,11-12,14H,2,10,13H2,1,3H3,(H2,26,30)(H,29,31)/b17-4+,20-9-. The van der Waals surface area contributed by atoms with Crippen LogP contribution in [0.1, 0.15) is 34.2 Å². The zero-order chi connectivity index (χ0) is 22.4. The van der Waals surface area contributed by atoms with Gasteiger partial charge in [0.2, 0.25) is 0 Å². The average molecular weight is 434 g/mol. The van der Waals surface area contributed by atoms with Crippen LogP contribution in [0, 0.1) is 6.92 Å². The van der Waals surface area contributed by atoms with E-state index in [1.807, 2.05) is 38.1 Å². The van der Waals surface area contributed by atoms with Gasteiger partial charge in [0.1, 0.15) is 5.82 Å². The van der Waals surface area contributed by atoms with Crippen LogP contribution < -0.4 is 21.6 Å². The SMILES string of the molecule is C=c1ncc(Cl)c/c1=C/C(=C\C)Cc1cc(C(=O)NCc2ccc(N)nc2C)ccn1. The minimum Gasteiger partial charge on any atom is -0.384 e. The van der Waals surface area contributed by atoms with Crippen LogP contribution in [0.5, 0.6) is 0 Å². The predicted molar refractivity (Wildman–Crippen MR) is 125 cm³/mol. The van der Waals surface area contributed by atoms with Crippen molar-refractivity contribution < 1.29 is 4.79 Å². The fourth-order valence-electron chi connectivity index (χ4n) is 3.04. The number of carbonyl (C=O) groups excluding carboxylic acids is 1. The third kappa shape index (κ3) is 5.99. The number of nitrogen functional groups attached to an aromatic ring is 1. The molecule has 0 fully saturated rings. The van der Waals surface area contributed by atoms with Gasteiger partial charge in [0.05, 0.1) is 10.4 Å². The maximum absolute atomic E-state index is 12.6. The van der Waals surface area contributed by atoms with Crippen molar-refractivity contribution in [1.82, 2.24) is 20.3 Å². The maximum atomic E-state index is 12.6.